The second kappa shape index (κ2) is 7.59. The number of carbonyl (C=O) groups is 1. The highest BCUT2D eigenvalue weighted by atomic mass is 19.1. The average molecular weight is 419 g/mol. The van der Waals surface area contributed by atoms with Crippen LogP contribution >= 0.6 is 0 Å². The molecule has 1 fully saturated rings. The molecule has 1 amide bonds. The normalized spacial score (nSPS) is 14.4. The summed E-state index contributed by atoms with van der Waals surface area (Å²) >= 11 is 0. The van der Waals surface area contributed by atoms with E-state index >= 15 is 0 Å². The van der Waals surface area contributed by atoms with Crippen LogP contribution in [0.15, 0.2) is 36.8 Å². The van der Waals surface area contributed by atoms with Gasteiger partial charge in [-0.15, -0.1) is 0 Å². The number of hydrogen-bond donors (Lipinski definition) is 2. The van der Waals surface area contributed by atoms with Crippen molar-refractivity contribution >= 4 is 34.0 Å². The summed E-state index contributed by atoms with van der Waals surface area (Å²) in [5.74, 6) is -0.870. The van der Waals surface area contributed by atoms with Crippen LogP contribution in [0.2, 0.25) is 0 Å². The lowest BCUT2D eigenvalue weighted by molar-refractivity contribution is 0.102. The van der Waals surface area contributed by atoms with Crippen molar-refractivity contribution in [2.45, 2.75) is 13.8 Å². The number of carbonyl (C=O) groups excluding carboxylic acids is 1. The van der Waals surface area contributed by atoms with E-state index in [0.717, 1.165) is 37.6 Å². The Morgan fingerprint density at radius 2 is 1.90 bits per heavy atom. The van der Waals surface area contributed by atoms with E-state index < -0.39 is 5.82 Å². The number of aryl methyl sites for hydroxylation is 2. The molecule has 0 bridgehead atoms. The molecule has 31 heavy (non-hydrogen) atoms. The number of halogens is 1. The molecule has 0 saturated carbocycles. The minimum atomic E-state index is -0.500. The molecule has 0 aliphatic carbocycles. The van der Waals surface area contributed by atoms with Crippen LogP contribution in [-0.2, 0) is 0 Å². The maximum atomic E-state index is 14.4. The van der Waals surface area contributed by atoms with Crippen molar-refractivity contribution in [3.8, 4) is 0 Å². The Morgan fingerprint density at radius 3 is 2.71 bits per heavy atom. The van der Waals surface area contributed by atoms with Gasteiger partial charge in [-0.25, -0.2) is 14.4 Å². The molecule has 0 radical (unpaired) electrons. The molecule has 0 atom stereocenters. The molecule has 0 spiro atoms. The maximum Gasteiger partial charge on any atom is 0.257 e. The zero-order valence-electron chi connectivity index (χ0n) is 17.3. The zero-order chi connectivity index (χ0) is 21.5. The van der Waals surface area contributed by atoms with E-state index in [9.17, 15) is 9.18 Å². The van der Waals surface area contributed by atoms with Gasteiger partial charge in [0.15, 0.2) is 11.5 Å². The van der Waals surface area contributed by atoms with Crippen molar-refractivity contribution in [2.75, 3.05) is 36.4 Å². The number of imidazole rings is 1. The van der Waals surface area contributed by atoms with Crippen LogP contribution < -0.4 is 15.5 Å². The first-order chi connectivity index (χ1) is 15.0. The number of nitrogens with one attached hydrogen (secondary N) is 2. The maximum absolute atomic E-state index is 14.4. The van der Waals surface area contributed by atoms with Gasteiger partial charge in [0.1, 0.15) is 11.0 Å². The van der Waals surface area contributed by atoms with Gasteiger partial charge in [0.05, 0.1) is 28.3 Å². The van der Waals surface area contributed by atoms with E-state index in [1.807, 2.05) is 13.0 Å². The Bertz CT molecular complexity index is 1310. The van der Waals surface area contributed by atoms with Crippen LogP contribution in [0.4, 0.5) is 15.8 Å². The summed E-state index contributed by atoms with van der Waals surface area (Å²) in [6, 6.07) is 4.95. The number of anilines is 2. The second-order valence-electron chi connectivity index (χ2n) is 7.72. The van der Waals surface area contributed by atoms with E-state index in [1.54, 1.807) is 36.0 Å². The number of benzene rings is 1. The molecule has 2 N–H and O–H groups in total. The first kappa shape index (κ1) is 19.4. The first-order valence-corrected chi connectivity index (χ1v) is 10.2. The fourth-order valence-corrected chi connectivity index (χ4v) is 3.96. The fourth-order valence-electron chi connectivity index (χ4n) is 3.96. The summed E-state index contributed by atoms with van der Waals surface area (Å²) in [5, 5.41) is 6.13. The van der Waals surface area contributed by atoms with Crippen LogP contribution in [0.25, 0.3) is 16.7 Å². The Balaban J connectivity index is 1.53. The van der Waals surface area contributed by atoms with Crippen molar-refractivity contribution in [2.24, 2.45) is 0 Å². The molecule has 0 unspecified atom stereocenters. The lowest BCUT2D eigenvalue weighted by atomic mass is 10.1. The predicted molar refractivity (Wildman–Crippen MR) is 117 cm³/mol. The fraction of sp³-hybridized carbons (Fsp3) is 0.273. The van der Waals surface area contributed by atoms with Crippen molar-refractivity contribution in [1.29, 1.82) is 0 Å². The standard InChI is InChI=1S/C22H22FN7O/c1-13-10-25-19-16(3-4-18(20(19)26-13)29-7-5-24-6-8-29)22(31)28-15-9-17(23)21-27-14(2)11-30(21)12-15/h3-4,9-12,24H,5-8H2,1-2H3,(H,28,31). The topological polar surface area (TPSA) is 87.5 Å². The summed E-state index contributed by atoms with van der Waals surface area (Å²) in [5.41, 5.74) is 4.62. The molecule has 4 aromatic rings. The Morgan fingerprint density at radius 1 is 1.10 bits per heavy atom. The van der Waals surface area contributed by atoms with Crippen molar-refractivity contribution in [1.82, 2.24) is 24.7 Å². The summed E-state index contributed by atoms with van der Waals surface area (Å²) in [4.78, 5) is 28.7. The van der Waals surface area contributed by atoms with Crippen LogP contribution in [-0.4, -0.2) is 51.4 Å². The number of nitrogens with zero attached hydrogens (tertiary/aromatic N) is 5. The van der Waals surface area contributed by atoms with Crippen molar-refractivity contribution in [3.63, 3.8) is 0 Å². The molecule has 158 valence electrons. The van der Waals surface area contributed by atoms with E-state index in [-0.39, 0.29) is 11.6 Å². The number of pyridine rings is 1. The van der Waals surface area contributed by atoms with E-state index in [0.29, 0.717) is 28.0 Å². The Labute approximate surface area is 178 Å². The molecule has 8 nitrogen and oxygen atoms in total. The minimum Gasteiger partial charge on any atom is -0.367 e. The van der Waals surface area contributed by atoms with E-state index in [1.165, 1.54) is 6.07 Å². The van der Waals surface area contributed by atoms with Gasteiger partial charge >= 0.3 is 0 Å². The summed E-state index contributed by atoms with van der Waals surface area (Å²) in [6.45, 7) is 7.18. The van der Waals surface area contributed by atoms with Crippen LogP contribution in [0.3, 0.4) is 0 Å². The smallest absolute Gasteiger partial charge is 0.257 e. The van der Waals surface area contributed by atoms with Gasteiger partial charge in [0, 0.05) is 50.8 Å². The van der Waals surface area contributed by atoms with Gasteiger partial charge in [-0.05, 0) is 26.0 Å². The van der Waals surface area contributed by atoms with Gasteiger partial charge in [-0.2, -0.15) is 0 Å². The minimum absolute atomic E-state index is 0.225. The first-order valence-electron chi connectivity index (χ1n) is 10.2. The van der Waals surface area contributed by atoms with Gasteiger partial charge in [0.2, 0.25) is 0 Å². The van der Waals surface area contributed by atoms with Gasteiger partial charge < -0.3 is 19.9 Å². The number of piperazine rings is 1. The van der Waals surface area contributed by atoms with Gasteiger partial charge in [0.25, 0.3) is 5.91 Å². The molecule has 1 aromatic carbocycles. The Hall–Kier alpha value is -3.59. The molecule has 1 aliphatic heterocycles. The third-order valence-electron chi connectivity index (χ3n) is 5.39. The molecule has 1 saturated heterocycles. The highest BCUT2D eigenvalue weighted by Crippen LogP contribution is 2.28. The number of hydrogen-bond acceptors (Lipinski definition) is 6. The molecule has 4 heterocycles. The number of aromatic nitrogens is 4. The van der Waals surface area contributed by atoms with Gasteiger partial charge in [-0.1, -0.05) is 0 Å². The molecule has 9 heteroatoms. The van der Waals surface area contributed by atoms with Gasteiger partial charge in [-0.3, -0.25) is 9.78 Å². The van der Waals surface area contributed by atoms with Crippen LogP contribution in [0.5, 0.6) is 0 Å². The number of rotatable bonds is 3. The lowest BCUT2D eigenvalue weighted by Crippen LogP contribution is -2.43. The zero-order valence-corrected chi connectivity index (χ0v) is 17.3. The highest BCUT2D eigenvalue weighted by Gasteiger charge is 2.20. The van der Waals surface area contributed by atoms with Crippen molar-refractivity contribution in [3.05, 3.63) is 59.6 Å². The average Bonchev–Trinajstić information content (AvgIpc) is 3.14. The summed E-state index contributed by atoms with van der Waals surface area (Å²) < 4.78 is 16.0. The SMILES string of the molecule is Cc1cnc2c(C(=O)Nc3cc(F)c4nc(C)cn4c3)ccc(N3CCNCC3)c2n1. The third kappa shape index (κ3) is 3.57. The predicted octanol–water partition coefficient (Wildman–Crippen LogP) is 2.70. The van der Waals surface area contributed by atoms with E-state index in [4.69, 9.17) is 0 Å². The summed E-state index contributed by atoms with van der Waals surface area (Å²) in [6.07, 6.45) is 5.00. The number of fused-ring (bicyclic) bond motifs is 2. The molecular weight excluding hydrogens is 397 g/mol. The molecule has 1 aliphatic rings. The molecular formula is C22H22FN7O. The van der Waals surface area contributed by atoms with Crippen LogP contribution in [0, 0.1) is 19.7 Å². The van der Waals surface area contributed by atoms with Crippen molar-refractivity contribution < 1.29 is 9.18 Å². The summed E-state index contributed by atoms with van der Waals surface area (Å²) in [7, 11) is 0. The monoisotopic (exact) mass is 419 g/mol. The quantitative estimate of drug-likeness (QED) is 0.531. The highest BCUT2D eigenvalue weighted by molar-refractivity contribution is 6.13. The second-order valence-corrected chi connectivity index (χ2v) is 7.72. The third-order valence-corrected chi connectivity index (χ3v) is 5.39. The Kier molecular flexibility index (Phi) is 4.74. The number of amides is 1. The lowest BCUT2D eigenvalue weighted by Gasteiger charge is -2.30. The molecule has 3 aromatic heterocycles. The van der Waals surface area contributed by atoms with E-state index in [2.05, 4.69) is 30.5 Å². The molecule has 5 rings (SSSR count). The van der Waals surface area contributed by atoms with Crippen LogP contribution in [0.1, 0.15) is 21.7 Å². The largest absolute Gasteiger partial charge is 0.367 e.